The second-order valence-electron chi connectivity index (χ2n) is 6.30. The lowest BCUT2D eigenvalue weighted by Crippen LogP contribution is -2.33. The minimum atomic E-state index is -0.719. The van der Waals surface area contributed by atoms with Crippen LogP contribution in [0.5, 0.6) is 0 Å². The monoisotopic (exact) mass is 368 g/mol. The van der Waals surface area contributed by atoms with E-state index in [9.17, 15) is 4.79 Å². The Morgan fingerprint density at radius 2 is 1.20 bits per heavy atom. The molecule has 25 heavy (non-hydrogen) atoms. The van der Waals surface area contributed by atoms with Crippen molar-refractivity contribution < 1.29 is 4.79 Å². The summed E-state index contributed by atoms with van der Waals surface area (Å²) in [6.07, 6.45) is 1.04. The van der Waals surface area contributed by atoms with Gasteiger partial charge in [0, 0.05) is 16.0 Å². The average molecular weight is 369 g/mol. The molecule has 0 saturated carbocycles. The van der Waals surface area contributed by atoms with Gasteiger partial charge in [0.1, 0.15) is 6.29 Å². The van der Waals surface area contributed by atoms with Crippen molar-refractivity contribution in [2.24, 2.45) is 0 Å². The first kappa shape index (κ1) is 17.7. The molecular formula is C22H18Cl2O. The molecule has 0 aliphatic carbocycles. The SMILES string of the molecule is C[C@@](C=O)(c1ccccc1)C(c1ccc(Cl)cc1)c1ccc(Cl)cc1. The van der Waals surface area contributed by atoms with Gasteiger partial charge in [-0.3, -0.25) is 0 Å². The Kier molecular flexibility index (Phi) is 5.27. The van der Waals surface area contributed by atoms with Crippen LogP contribution >= 0.6 is 23.2 Å². The van der Waals surface area contributed by atoms with Gasteiger partial charge in [-0.05, 0) is 47.9 Å². The minimum Gasteiger partial charge on any atom is -0.302 e. The highest BCUT2D eigenvalue weighted by atomic mass is 35.5. The number of carbonyl (C=O) groups excluding carboxylic acids is 1. The molecule has 0 fully saturated rings. The number of aldehydes is 1. The van der Waals surface area contributed by atoms with Gasteiger partial charge in [0.2, 0.25) is 0 Å². The van der Waals surface area contributed by atoms with Crippen LogP contribution in [0.1, 0.15) is 29.5 Å². The molecule has 3 aromatic rings. The van der Waals surface area contributed by atoms with Crippen LogP contribution in [0, 0.1) is 0 Å². The molecule has 0 heterocycles. The first-order chi connectivity index (χ1) is 12.0. The molecule has 0 amide bonds. The maximum atomic E-state index is 12.3. The van der Waals surface area contributed by atoms with Gasteiger partial charge >= 0.3 is 0 Å². The van der Waals surface area contributed by atoms with E-state index in [0.717, 1.165) is 23.0 Å². The Labute approximate surface area is 158 Å². The largest absolute Gasteiger partial charge is 0.302 e. The van der Waals surface area contributed by atoms with Gasteiger partial charge in [-0.2, -0.15) is 0 Å². The fourth-order valence-corrected chi connectivity index (χ4v) is 3.55. The zero-order valence-electron chi connectivity index (χ0n) is 13.8. The average Bonchev–Trinajstić information content (AvgIpc) is 2.65. The molecule has 0 saturated heterocycles. The highest BCUT2D eigenvalue weighted by Gasteiger charge is 2.38. The molecule has 0 aromatic heterocycles. The smallest absolute Gasteiger partial charge is 0.131 e. The minimum absolute atomic E-state index is 0.151. The lowest BCUT2D eigenvalue weighted by molar-refractivity contribution is -0.112. The Hall–Kier alpha value is -2.09. The topological polar surface area (TPSA) is 17.1 Å². The molecule has 126 valence electrons. The van der Waals surface area contributed by atoms with Crippen molar-refractivity contribution in [1.29, 1.82) is 0 Å². The summed E-state index contributed by atoms with van der Waals surface area (Å²) in [6.45, 7) is 1.98. The maximum Gasteiger partial charge on any atom is 0.131 e. The van der Waals surface area contributed by atoms with E-state index in [1.807, 2.05) is 85.8 Å². The van der Waals surface area contributed by atoms with Crippen molar-refractivity contribution in [3.05, 3.63) is 106 Å². The summed E-state index contributed by atoms with van der Waals surface area (Å²) in [5.74, 6) is -0.151. The van der Waals surface area contributed by atoms with Crippen molar-refractivity contribution in [1.82, 2.24) is 0 Å². The van der Waals surface area contributed by atoms with Crippen molar-refractivity contribution in [2.75, 3.05) is 0 Å². The van der Waals surface area contributed by atoms with E-state index in [-0.39, 0.29) is 5.92 Å². The molecule has 3 heteroatoms. The quantitative estimate of drug-likeness (QED) is 0.484. The molecule has 3 rings (SSSR count). The molecule has 3 aromatic carbocycles. The van der Waals surface area contributed by atoms with Gasteiger partial charge in [-0.15, -0.1) is 0 Å². The fourth-order valence-electron chi connectivity index (χ4n) is 3.30. The summed E-state index contributed by atoms with van der Waals surface area (Å²) < 4.78 is 0. The predicted molar refractivity (Wildman–Crippen MR) is 105 cm³/mol. The maximum absolute atomic E-state index is 12.3. The van der Waals surface area contributed by atoms with Gasteiger partial charge in [0.05, 0.1) is 5.41 Å². The van der Waals surface area contributed by atoms with Crippen LogP contribution in [0.4, 0.5) is 0 Å². The van der Waals surface area contributed by atoms with Crippen LogP contribution in [0.25, 0.3) is 0 Å². The molecule has 0 unspecified atom stereocenters. The first-order valence-electron chi connectivity index (χ1n) is 8.07. The first-order valence-corrected chi connectivity index (χ1v) is 8.83. The number of rotatable bonds is 5. The van der Waals surface area contributed by atoms with Gasteiger partial charge in [0.15, 0.2) is 0 Å². The highest BCUT2D eigenvalue weighted by molar-refractivity contribution is 6.30. The second-order valence-corrected chi connectivity index (χ2v) is 7.18. The zero-order chi connectivity index (χ0) is 17.9. The summed E-state index contributed by atoms with van der Waals surface area (Å²) in [5, 5.41) is 1.34. The third-order valence-corrected chi connectivity index (χ3v) is 5.15. The standard InChI is InChI=1S/C22H18Cl2O/c1-22(15-25,18-5-3-2-4-6-18)21(16-7-11-19(23)12-8-16)17-9-13-20(24)14-10-17/h2-15,21H,1H3/t22-/m1/s1. The second kappa shape index (κ2) is 7.43. The Morgan fingerprint density at radius 3 is 1.60 bits per heavy atom. The summed E-state index contributed by atoms with van der Waals surface area (Å²) in [6, 6.07) is 25.2. The predicted octanol–water partition coefficient (Wildman–Crippen LogP) is 6.28. The molecule has 1 nitrogen and oxygen atoms in total. The summed E-state index contributed by atoms with van der Waals surface area (Å²) in [7, 11) is 0. The fraction of sp³-hybridized carbons (Fsp3) is 0.136. The number of benzene rings is 3. The van der Waals surface area contributed by atoms with Crippen LogP contribution in [0.15, 0.2) is 78.9 Å². The highest BCUT2D eigenvalue weighted by Crippen LogP contribution is 2.42. The normalized spacial score (nSPS) is 13.4. The van der Waals surface area contributed by atoms with Gasteiger partial charge in [0.25, 0.3) is 0 Å². The summed E-state index contributed by atoms with van der Waals surface area (Å²) in [4.78, 5) is 12.3. The van der Waals surface area contributed by atoms with E-state index >= 15 is 0 Å². The molecule has 1 atom stereocenters. The Bertz CT molecular complexity index is 796. The lowest BCUT2D eigenvalue weighted by atomic mass is 9.67. The van der Waals surface area contributed by atoms with E-state index in [4.69, 9.17) is 23.2 Å². The van der Waals surface area contributed by atoms with Crippen molar-refractivity contribution in [2.45, 2.75) is 18.3 Å². The Morgan fingerprint density at radius 1 is 0.760 bits per heavy atom. The summed E-state index contributed by atoms with van der Waals surface area (Å²) in [5.41, 5.74) is 2.32. The third kappa shape index (κ3) is 3.63. The number of hydrogen-bond donors (Lipinski definition) is 0. The van der Waals surface area contributed by atoms with E-state index in [2.05, 4.69) is 0 Å². The molecule has 0 N–H and O–H groups in total. The van der Waals surface area contributed by atoms with Crippen LogP contribution < -0.4 is 0 Å². The van der Waals surface area contributed by atoms with Gasteiger partial charge in [-0.1, -0.05) is 77.8 Å². The Balaban J connectivity index is 2.20. The zero-order valence-corrected chi connectivity index (χ0v) is 15.3. The van der Waals surface area contributed by atoms with Crippen LogP contribution in [-0.4, -0.2) is 6.29 Å². The summed E-state index contributed by atoms with van der Waals surface area (Å²) >= 11 is 12.1. The molecule has 0 bridgehead atoms. The van der Waals surface area contributed by atoms with Crippen LogP contribution in [0.3, 0.4) is 0 Å². The molecule has 0 radical (unpaired) electrons. The van der Waals surface area contributed by atoms with E-state index in [0.29, 0.717) is 10.0 Å². The van der Waals surface area contributed by atoms with Gasteiger partial charge in [-0.25, -0.2) is 0 Å². The molecule has 0 spiro atoms. The van der Waals surface area contributed by atoms with E-state index < -0.39 is 5.41 Å². The number of halogens is 2. The third-order valence-electron chi connectivity index (χ3n) is 4.65. The van der Waals surface area contributed by atoms with Crippen molar-refractivity contribution >= 4 is 29.5 Å². The van der Waals surface area contributed by atoms with E-state index in [1.54, 1.807) is 0 Å². The van der Waals surface area contributed by atoms with Crippen LogP contribution in [-0.2, 0) is 10.2 Å². The number of carbonyl (C=O) groups is 1. The molecule has 0 aliphatic heterocycles. The lowest BCUT2D eigenvalue weighted by Gasteiger charge is -2.34. The van der Waals surface area contributed by atoms with Crippen molar-refractivity contribution in [3.63, 3.8) is 0 Å². The number of hydrogen-bond acceptors (Lipinski definition) is 1. The van der Waals surface area contributed by atoms with E-state index in [1.165, 1.54) is 0 Å². The van der Waals surface area contributed by atoms with Crippen LogP contribution in [0.2, 0.25) is 10.0 Å². The molecule has 0 aliphatic rings. The van der Waals surface area contributed by atoms with Crippen molar-refractivity contribution in [3.8, 4) is 0 Å². The van der Waals surface area contributed by atoms with Gasteiger partial charge < -0.3 is 4.79 Å². The molecular weight excluding hydrogens is 351 g/mol.